The molecule has 2 heteroatoms. The van der Waals surface area contributed by atoms with Crippen molar-refractivity contribution in [1.82, 2.24) is 4.98 Å². The Morgan fingerprint density at radius 2 is 1.93 bits per heavy atom. The lowest BCUT2D eigenvalue weighted by molar-refractivity contribution is 0.280. The second-order valence-electron chi connectivity index (χ2n) is 5.47. The molecule has 0 aliphatic rings. The molecule has 0 radical (unpaired) electrons. The Labute approximate surface area is 93.1 Å². The average molecular weight is 206 g/mol. The van der Waals surface area contributed by atoms with Gasteiger partial charge in [0.1, 0.15) is 0 Å². The Morgan fingerprint density at radius 3 is 2.33 bits per heavy atom. The van der Waals surface area contributed by atoms with Crippen LogP contribution in [-0.4, -0.2) is 11.0 Å². The van der Waals surface area contributed by atoms with Crippen molar-refractivity contribution in [2.24, 2.45) is 11.3 Å². The summed E-state index contributed by atoms with van der Waals surface area (Å²) in [5, 5.41) is 3.56. The summed E-state index contributed by atoms with van der Waals surface area (Å²) in [4.78, 5) is 4.12. The number of hydrogen-bond acceptors (Lipinski definition) is 2. The van der Waals surface area contributed by atoms with E-state index in [1.807, 2.05) is 12.3 Å². The van der Waals surface area contributed by atoms with Crippen LogP contribution in [0.1, 0.15) is 34.6 Å². The molecule has 1 atom stereocenters. The Bertz CT molecular complexity index is 285. The molecule has 0 fully saturated rings. The van der Waals surface area contributed by atoms with E-state index in [9.17, 15) is 0 Å². The SMILES string of the molecule is CC(C)[C@H](Nc1cccnc1)C(C)(C)C. The van der Waals surface area contributed by atoms with Crippen molar-refractivity contribution in [3.8, 4) is 0 Å². The maximum absolute atomic E-state index is 4.12. The molecule has 0 bridgehead atoms. The molecule has 1 aromatic rings. The fourth-order valence-electron chi connectivity index (χ4n) is 2.01. The number of anilines is 1. The van der Waals surface area contributed by atoms with Gasteiger partial charge >= 0.3 is 0 Å². The molecule has 15 heavy (non-hydrogen) atoms. The number of nitrogens with zero attached hydrogens (tertiary/aromatic N) is 1. The quantitative estimate of drug-likeness (QED) is 0.818. The lowest BCUT2D eigenvalue weighted by atomic mass is 9.80. The second-order valence-corrected chi connectivity index (χ2v) is 5.47. The summed E-state index contributed by atoms with van der Waals surface area (Å²) in [5.74, 6) is 0.602. The summed E-state index contributed by atoms with van der Waals surface area (Å²) < 4.78 is 0. The van der Waals surface area contributed by atoms with Crippen molar-refractivity contribution in [1.29, 1.82) is 0 Å². The van der Waals surface area contributed by atoms with Gasteiger partial charge in [0.25, 0.3) is 0 Å². The molecule has 1 rings (SSSR count). The lowest BCUT2D eigenvalue weighted by Gasteiger charge is -2.35. The first kappa shape index (κ1) is 12.0. The highest BCUT2D eigenvalue weighted by molar-refractivity contribution is 5.41. The number of nitrogens with one attached hydrogen (secondary N) is 1. The fraction of sp³-hybridized carbons (Fsp3) is 0.615. The number of aromatic nitrogens is 1. The fourth-order valence-corrected chi connectivity index (χ4v) is 2.01. The Morgan fingerprint density at radius 1 is 1.27 bits per heavy atom. The van der Waals surface area contributed by atoms with E-state index >= 15 is 0 Å². The van der Waals surface area contributed by atoms with Gasteiger partial charge in [0.2, 0.25) is 0 Å². The first-order chi connectivity index (χ1) is 6.91. The normalized spacial score (nSPS) is 14.0. The van der Waals surface area contributed by atoms with Gasteiger partial charge in [-0.25, -0.2) is 0 Å². The molecule has 0 amide bonds. The number of pyridine rings is 1. The molecule has 0 aliphatic carbocycles. The van der Waals surface area contributed by atoms with Crippen LogP contribution in [0.3, 0.4) is 0 Å². The molecule has 0 saturated carbocycles. The van der Waals surface area contributed by atoms with Gasteiger partial charge in [-0.15, -0.1) is 0 Å². The van der Waals surface area contributed by atoms with Gasteiger partial charge in [0, 0.05) is 18.4 Å². The molecule has 0 saturated heterocycles. The predicted molar refractivity (Wildman–Crippen MR) is 65.9 cm³/mol. The molecular formula is C13H22N2. The van der Waals surface area contributed by atoms with Crippen LogP contribution in [0.2, 0.25) is 0 Å². The topological polar surface area (TPSA) is 24.9 Å². The molecule has 2 nitrogen and oxygen atoms in total. The predicted octanol–water partition coefficient (Wildman–Crippen LogP) is 3.56. The lowest BCUT2D eigenvalue weighted by Crippen LogP contribution is -2.38. The van der Waals surface area contributed by atoms with E-state index in [0.29, 0.717) is 12.0 Å². The van der Waals surface area contributed by atoms with Gasteiger partial charge in [0.15, 0.2) is 0 Å². The molecule has 1 heterocycles. The summed E-state index contributed by atoms with van der Waals surface area (Å²) >= 11 is 0. The van der Waals surface area contributed by atoms with E-state index in [1.165, 1.54) is 0 Å². The Kier molecular flexibility index (Phi) is 3.72. The van der Waals surface area contributed by atoms with Crippen LogP contribution in [0, 0.1) is 11.3 Å². The van der Waals surface area contributed by atoms with Crippen molar-refractivity contribution in [2.75, 3.05) is 5.32 Å². The van der Waals surface area contributed by atoms with E-state index in [2.05, 4.69) is 51.0 Å². The van der Waals surface area contributed by atoms with Gasteiger partial charge < -0.3 is 5.32 Å². The van der Waals surface area contributed by atoms with Crippen molar-refractivity contribution < 1.29 is 0 Å². The minimum Gasteiger partial charge on any atom is -0.380 e. The molecule has 0 aromatic carbocycles. The minimum atomic E-state index is 0.254. The van der Waals surface area contributed by atoms with Gasteiger partial charge in [-0.2, -0.15) is 0 Å². The van der Waals surface area contributed by atoms with Crippen molar-refractivity contribution in [3.05, 3.63) is 24.5 Å². The first-order valence-corrected chi connectivity index (χ1v) is 5.58. The summed E-state index contributed by atoms with van der Waals surface area (Å²) in [6.07, 6.45) is 3.67. The van der Waals surface area contributed by atoms with Gasteiger partial charge in [0.05, 0.1) is 5.69 Å². The van der Waals surface area contributed by atoms with Crippen LogP contribution in [0.15, 0.2) is 24.5 Å². The summed E-state index contributed by atoms with van der Waals surface area (Å²) in [6.45, 7) is 11.3. The molecule has 0 spiro atoms. The monoisotopic (exact) mass is 206 g/mol. The van der Waals surface area contributed by atoms with Crippen molar-refractivity contribution in [2.45, 2.75) is 40.7 Å². The molecule has 0 aliphatic heterocycles. The van der Waals surface area contributed by atoms with Crippen molar-refractivity contribution >= 4 is 5.69 Å². The highest BCUT2D eigenvalue weighted by atomic mass is 14.9. The minimum absolute atomic E-state index is 0.254. The van der Waals surface area contributed by atoms with E-state index in [4.69, 9.17) is 0 Å². The molecule has 0 unspecified atom stereocenters. The Balaban J connectivity index is 2.77. The van der Waals surface area contributed by atoms with E-state index in [-0.39, 0.29) is 5.41 Å². The first-order valence-electron chi connectivity index (χ1n) is 5.58. The van der Waals surface area contributed by atoms with Crippen LogP contribution in [-0.2, 0) is 0 Å². The standard InChI is InChI=1S/C13H22N2/c1-10(2)12(13(3,4)5)15-11-7-6-8-14-9-11/h6-10,12,15H,1-5H3/t12-/m0/s1. The van der Waals surface area contributed by atoms with E-state index < -0.39 is 0 Å². The zero-order valence-corrected chi connectivity index (χ0v) is 10.4. The van der Waals surface area contributed by atoms with Crippen LogP contribution < -0.4 is 5.32 Å². The van der Waals surface area contributed by atoms with Crippen LogP contribution >= 0.6 is 0 Å². The largest absolute Gasteiger partial charge is 0.380 e. The number of hydrogen-bond donors (Lipinski definition) is 1. The molecule has 84 valence electrons. The summed E-state index contributed by atoms with van der Waals surface area (Å²) in [6, 6.07) is 4.48. The Hall–Kier alpha value is -1.05. The maximum Gasteiger partial charge on any atom is 0.0529 e. The zero-order valence-electron chi connectivity index (χ0n) is 10.4. The maximum atomic E-state index is 4.12. The summed E-state index contributed by atoms with van der Waals surface area (Å²) in [5.41, 5.74) is 1.36. The summed E-state index contributed by atoms with van der Waals surface area (Å²) in [7, 11) is 0. The highest BCUT2D eigenvalue weighted by Crippen LogP contribution is 2.28. The van der Waals surface area contributed by atoms with Crippen LogP contribution in [0.5, 0.6) is 0 Å². The van der Waals surface area contributed by atoms with Crippen LogP contribution in [0.4, 0.5) is 5.69 Å². The third-order valence-corrected chi connectivity index (χ3v) is 2.58. The van der Waals surface area contributed by atoms with Crippen LogP contribution in [0.25, 0.3) is 0 Å². The highest BCUT2D eigenvalue weighted by Gasteiger charge is 2.27. The molecule has 1 aromatic heterocycles. The van der Waals surface area contributed by atoms with Gasteiger partial charge in [-0.3, -0.25) is 4.98 Å². The smallest absolute Gasteiger partial charge is 0.0529 e. The zero-order chi connectivity index (χ0) is 11.5. The molecular weight excluding hydrogens is 184 g/mol. The van der Waals surface area contributed by atoms with Gasteiger partial charge in [-0.05, 0) is 23.5 Å². The van der Waals surface area contributed by atoms with Gasteiger partial charge in [-0.1, -0.05) is 34.6 Å². The molecule has 1 N–H and O–H groups in total. The second kappa shape index (κ2) is 4.65. The van der Waals surface area contributed by atoms with E-state index in [1.54, 1.807) is 6.20 Å². The third kappa shape index (κ3) is 3.54. The average Bonchev–Trinajstić information content (AvgIpc) is 2.13. The van der Waals surface area contributed by atoms with E-state index in [0.717, 1.165) is 5.69 Å². The van der Waals surface area contributed by atoms with Crippen molar-refractivity contribution in [3.63, 3.8) is 0 Å². The number of rotatable bonds is 3. The third-order valence-electron chi connectivity index (χ3n) is 2.58.